The van der Waals surface area contributed by atoms with Crippen molar-refractivity contribution in [3.8, 4) is 6.01 Å². The van der Waals surface area contributed by atoms with Gasteiger partial charge in [0.15, 0.2) is 0 Å². The molecule has 4 heteroatoms. The molecule has 0 fully saturated rings. The summed E-state index contributed by atoms with van der Waals surface area (Å²) in [5, 5.41) is 10.8. The Morgan fingerprint density at radius 1 is 1.11 bits per heavy atom. The van der Waals surface area contributed by atoms with Gasteiger partial charge in [0.25, 0.3) is 0 Å². The second kappa shape index (κ2) is 5.14. The summed E-state index contributed by atoms with van der Waals surface area (Å²) in [6, 6.07) is 9.82. The fourth-order valence-corrected chi connectivity index (χ4v) is 1.92. The van der Waals surface area contributed by atoms with Crippen molar-refractivity contribution in [3.05, 3.63) is 53.9 Å². The number of aliphatic hydroxyl groups is 1. The molecule has 0 aliphatic heterocycles. The minimum absolute atomic E-state index is 0.297. The van der Waals surface area contributed by atoms with E-state index in [4.69, 9.17) is 4.74 Å². The monoisotopic (exact) mass is 244 g/mol. The van der Waals surface area contributed by atoms with Gasteiger partial charge in [-0.1, -0.05) is 37.3 Å². The fraction of sp³-hybridized carbons (Fsp3) is 0.286. The Morgan fingerprint density at radius 3 is 2.22 bits per heavy atom. The summed E-state index contributed by atoms with van der Waals surface area (Å²) in [6.45, 7) is 1.93. The van der Waals surface area contributed by atoms with Crippen LogP contribution >= 0.6 is 0 Å². The maximum atomic E-state index is 10.8. The Labute approximate surface area is 106 Å². The lowest BCUT2D eigenvalue weighted by molar-refractivity contribution is 0.0756. The van der Waals surface area contributed by atoms with E-state index < -0.39 is 5.60 Å². The zero-order chi connectivity index (χ0) is 13.0. The fourth-order valence-electron chi connectivity index (χ4n) is 1.92. The molecular weight excluding hydrogens is 228 g/mol. The lowest BCUT2D eigenvalue weighted by Crippen LogP contribution is -2.26. The molecule has 0 saturated carbocycles. The lowest BCUT2D eigenvalue weighted by Gasteiger charge is -2.27. The van der Waals surface area contributed by atoms with Crippen molar-refractivity contribution in [2.45, 2.75) is 18.9 Å². The van der Waals surface area contributed by atoms with Gasteiger partial charge in [-0.25, -0.2) is 9.97 Å². The minimum atomic E-state index is -1.06. The summed E-state index contributed by atoms with van der Waals surface area (Å²) >= 11 is 0. The highest BCUT2D eigenvalue weighted by Crippen LogP contribution is 2.32. The van der Waals surface area contributed by atoms with Gasteiger partial charge >= 0.3 is 6.01 Å². The Bertz CT molecular complexity index is 499. The van der Waals surface area contributed by atoms with Crippen LogP contribution in [0.5, 0.6) is 6.01 Å². The predicted octanol–water partition coefficient (Wildman–Crippen LogP) is 2.13. The first-order chi connectivity index (χ1) is 8.70. The highest BCUT2D eigenvalue weighted by molar-refractivity contribution is 5.33. The van der Waals surface area contributed by atoms with E-state index in [0.717, 1.165) is 5.56 Å². The second-order valence-electron chi connectivity index (χ2n) is 4.04. The van der Waals surface area contributed by atoms with Crippen molar-refractivity contribution in [3.63, 3.8) is 0 Å². The van der Waals surface area contributed by atoms with Gasteiger partial charge < -0.3 is 9.84 Å². The highest BCUT2D eigenvalue weighted by atomic mass is 16.5. The maximum Gasteiger partial charge on any atom is 0.316 e. The van der Waals surface area contributed by atoms with Gasteiger partial charge in [0.05, 0.1) is 7.11 Å². The van der Waals surface area contributed by atoms with Crippen LogP contribution in [-0.2, 0) is 5.60 Å². The topological polar surface area (TPSA) is 55.2 Å². The third-order valence-electron chi connectivity index (χ3n) is 3.05. The molecule has 1 aromatic carbocycles. The molecule has 2 aromatic rings. The molecule has 1 aromatic heterocycles. The Balaban J connectivity index is 2.43. The average molecular weight is 244 g/mol. The second-order valence-corrected chi connectivity index (χ2v) is 4.04. The van der Waals surface area contributed by atoms with Gasteiger partial charge in [0.1, 0.15) is 5.60 Å². The first-order valence-corrected chi connectivity index (χ1v) is 5.85. The summed E-state index contributed by atoms with van der Waals surface area (Å²) < 4.78 is 4.92. The Hall–Kier alpha value is -1.94. The molecule has 0 radical (unpaired) electrons. The third-order valence-corrected chi connectivity index (χ3v) is 3.05. The number of ether oxygens (including phenoxy) is 1. The van der Waals surface area contributed by atoms with Crippen LogP contribution in [0.3, 0.4) is 0 Å². The molecule has 1 N–H and O–H groups in total. The van der Waals surface area contributed by atoms with Crippen molar-refractivity contribution >= 4 is 0 Å². The van der Waals surface area contributed by atoms with E-state index in [2.05, 4.69) is 9.97 Å². The number of nitrogens with zero attached hydrogens (tertiary/aromatic N) is 2. The van der Waals surface area contributed by atoms with Crippen molar-refractivity contribution in [1.82, 2.24) is 9.97 Å². The molecule has 1 heterocycles. The number of rotatable bonds is 4. The predicted molar refractivity (Wildman–Crippen MR) is 68.3 cm³/mol. The number of hydrogen-bond donors (Lipinski definition) is 1. The van der Waals surface area contributed by atoms with Crippen molar-refractivity contribution in [2.75, 3.05) is 7.11 Å². The highest BCUT2D eigenvalue weighted by Gasteiger charge is 2.30. The normalized spacial score (nSPS) is 13.9. The number of aromatic nitrogens is 2. The molecule has 94 valence electrons. The first-order valence-electron chi connectivity index (χ1n) is 5.85. The van der Waals surface area contributed by atoms with Gasteiger partial charge in [-0.15, -0.1) is 0 Å². The van der Waals surface area contributed by atoms with Crippen LogP contribution in [0.2, 0.25) is 0 Å². The van der Waals surface area contributed by atoms with E-state index in [0.29, 0.717) is 18.0 Å². The molecule has 1 atom stereocenters. The molecule has 0 amide bonds. The van der Waals surface area contributed by atoms with Crippen molar-refractivity contribution in [1.29, 1.82) is 0 Å². The van der Waals surface area contributed by atoms with Crippen LogP contribution in [0.25, 0.3) is 0 Å². The summed E-state index contributed by atoms with van der Waals surface area (Å²) in [4.78, 5) is 8.09. The smallest absolute Gasteiger partial charge is 0.316 e. The molecular formula is C14H16N2O2. The van der Waals surface area contributed by atoms with Gasteiger partial charge in [-0.2, -0.15) is 0 Å². The third kappa shape index (κ3) is 2.19. The van der Waals surface area contributed by atoms with E-state index in [1.165, 1.54) is 7.11 Å². The van der Waals surface area contributed by atoms with E-state index >= 15 is 0 Å². The maximum absolute atomic E-state index is 10.8. The largest absolute Gasteiger partial charge is 0.467 e. The van der Waals surface area contributed by atoms with Gasteiger partial charge in [-0.3, -0.25) is 0 Å². The summed E-state index contributed by atoms with van der Waals surface area (Å²) in [6.07, 6.45) is 3.75. The standard InChI is InChI=1S/C14H16N2O2/c1-3-14(17,11-7-5-4-6-8-11)12-9-15-13(18-2)16-10-12/h4-10,17H,3H2,1-2H3. The number of benzene rings is 1. The Morgan fingerprint density at radius 2 is 1.72 bits per heavy atom. The van der Waals surface area contributed by atoms with E-state index in [9.17, 15) is 5.11 Å². The first kappa shape index (κ1) is 12.5. The summed E-state index contributed by atoms with van der Waals surface area (Å²) in [7, 11) is 1.51. The van der Waals surface area contributed by atoms with Crippen molar-refractivity contribution < 1.29 is 9.84 Å². The lowest BCUT2D eigenvalue weighted by atomic mass is 9.86. The van der Waals surface area contributed by atoms with Crippen LogP contribution in [0, 0.1) is 0 Å². The van der Waals surface area contributed by atoms with Gasteiger partial charge in [0, 0.05) is 18.0 Å². The number of hydrogen-bond acceptors (Lipinski definition) is 4. The van der Waals surface area contributed by atoms with Crippen LogP contribution in [0.15, 0.2) is 42.7 Å². The zero-order valence-electron chi connectivity index (χ0n) is 10.5. The van der Waals surface area contributed by atoms with Crippen LogP contribution in [0.4, 0.5) is 0 Å². The van der Waals surface area contributed by atoms with Crippen LogP contribution in [-0.4, -0.2) is 22.2 Å². The van der Waals surface area contributed by atoms with Gasteiger partial charge in [0.2, 0.25) is 0 Å². The molecule has 0 bridgehead atoms. The molecule has 0 aliphatic carbocycles. The molecule has 18 heavy (non-hydrogen) atoms. The van der Waals surface area contributed by atoms with Gasteiger partial charge in [-0.05, 0) is 12.0 Å². The average Bonchev–Trinajstić information content (AvgIpc) is 2.47. The van der Waals surface area contributed by atoms with E-state index in [-0.39, 0.29) is 0 Å². The molecule has 4 nitrogen and oxygen atoms in total. The molecule has 0 saturated heterocycles. The number of methoxy groups -OCH3 is 1. The zero-order valence-corrected chi connectivity index (χ0v) is 10.5. The molecule has 1 unspecified atom stereocenters. The molecule has 0 spiro atoms. The van der Waals surface area contributed by atoms with Crippen LogP contribution in [0.1, 0.15) is 24.5 Å². The van der Waals surface area contributed by atoms with E-state index in [1.54, 1.807) is 12.4 Å². The molecule has 2 rings (SSSR count). The van der Waals surface area contributed by atoms with Crippen molar-refractivity contribution in [2.24, 2.45) is 0 Å². The summed E-state index contributed by atoms with van der Waals surface area (Å²) in [5.74, 6) is 0. The SMILES string of the molecule is CCC(O)(c1ccccc1)c1cnc(OC)nc1. The minimum Gasteiger partial charge on any atom is -0.467 e. The quantitative estimate of drug-likeness (QED) is 0.895. The molecule has 0 aliphatic rings. The van der Waals surface area contributed by atoms with E-state index in [1.807, 2.05) is 37.3 Å². The van der Waals surface area contributed by atoms with Crippen LogP contribution < -0.4 is 4.74 Å². The summed E-state index contributed by atoms with van der Waals surface area (Å²) in [5.41, 5.74) is 0.436. The Kier molecular flexibility index (Phi) is 3.58.